The number of nitrogens with zero attached hydrogens (tertiary/aromatic N) is 6. The van der Waals surface area contributed by atoms with E-state index in [1.165, 1.54) is 20.7 Å². The maximum absolute atomic E-state index is 12.6. The summed E-state index contributed by atoms with van der Waals surface area (Å²) in [6.07, 6.45) is 1.33. The van der Waals surface area contributed by atoms with Crippen LogP contribution in [0.1, 0.15) is 10.4 Å². The third-order valence-corrected chi connectivity index (χ3v) is 7.01. The van der Waals surface area contributed by atoms with Crippen molar-refractivity contribution in [1.82, 2.24) is 29.4 Å². The van der Waals surface area contributed by atoms with Crippen LogP contribution in [0.25, 0.3) is 0 Å². The normalized spacial score (nSPS) is 16.1. The number of piperazine rings is 1. The molecule has 0 unspecified atom stereocenters. The van der Waals surface area contributed by atoms with Crippen LogP contribution in [0.2, 0.25) is 0 Å². The average molecular weight is 386 g/mol. The molecular formula is C12H14N6O5S2. The minimum Gasteiger partial charge on any atom is -0.478 e. The number of tetrazole rings is 1. The van der Waals surface area contributed by atoms with Crippen molar-refractivity contribution in [3.05, 3.63) is 23.3 Å². The molecule has 13 heteroatoms. The van der Waals surface area contributed by atoms with Crippen LogP contribution in [0.4, 0.5) is 0 Å². The third kappa shape index (κ3) is 3.67. The van der Waals surface area contributed by atoms with Gasteiger partial charge in [-0.2, -0.15) is 4.31 Å². The fourth-order valence-electron chi connectivity index (χ4n) is 2.36. The van der Waals surface area contributed by atoms with Crippen LogP contribution in [0.5, 0.6) is 0 Å². The Labute approximate surface area is 146 Å². The monoisotopic (exact) mass is 386 g/mol. The number of rotatable bonds is 5. The summed E-state index contributed by atoms with van der Waals surface area (Å²) in [5, 5.41) is 20.7. The summed E-state index contributed by atoms with van der Waals surface area (Å²) in [5.74, 6) is -1.37. The second-order valence-corrected chi connectivity index (χ2v) is 8.33. The second-order valence-electron chi connectivity index (χ2n) is 5.25. The Kier molecular flexibility index (Phi) is 4.78. The number of aromatic nitrogens is 4. The summed E-state index contributed by atoms with van der Waals surface area (Å²) in [7, 11) is -3.76. The van der Waals surface area contributed by atoms with E-state index in [0.29, 0.717) is 0 Å². The lowest BCUT2D eigenvalue weighted by Gasteiger charge is -2.33. The molecule has 0 aliphatic carbocycles. The largest absolute Gasteiger partial charge is 0.478 e. The van der Waals surface area contributed by atoms with Gasteiger partial charge in [0.2, 0.25) is 5.91 Å². The van der Waals surface area contributed by atoms with Crippen LogP contribution in [0, 0.1) is 0 Å². The molecule has 0 radical (unpaired) electrons. The van der Waals surface area contributed by atoms with Gasteiger partial charge in [0, 0.05) is 31.6 Å². The Morgan fingerprint density at radius 3 is 2.52 bits per heavy atom. The lowest BCUT2D eigenvalue weighted by atomic mass is 10.3. The molecule has 1 aliphatic heterocycles. The molecule has 1 amide bonds. The van der Waals surface area contributed by atoms with Crippen molar-refractivity contribution >= 4 is 33.2 Å². The number of thiophene rings is 1. The number of amides is 1. The van der Waals surface area contributed by atoms with Crippen molar-refractivity contribution in [2.45, 2.75) is 10.8 Å². The number of sulfonamides is 1. The van der Waals surface area contributed by atoms with Gasteiger partial charge in [0.1, 0.15) is 17.1 Å². The Morgan fingerprint density at radius 1 is 1.24 bits per heavy atom. The minimum atomic E-state index is -3.76. The van der Waals surface area contributed by atoms with Crippen LogP contribution >= 0.6 is 11.3 Å². The first-order valence-corrected chi connectivity index (χ1v) is 9.50. The van der Waals surface area contributed by atoms with E-state index in [9.17, 15) is 18.0 Å². The summed E-state index contributed by atoms with van der Waals surface area (Å²) >= 11 is 0.872. The maximum Gasteiger partial charge on any atom is 0.336 e. The summed E-state index contributed by atoms with van der Waals surface area (Å²) < 4.78 is 27.7. The summed E-state index contributed by atoms with van der Waals surface area (Å²) in [6, 6.07) is 1.15. The van der Waals surface area contributed by atoms with Gasteiger partial charge in [-0.1, -0.05) is 0 Å². The topological polar surface area (TPSA) is 139 Å². The standard InChI is InChI=1S/C12H14N6O5S2/c19-10(6-17-8-13-14-15-17)16-1-3-18(4-2-16)25(22,23)11-5-9(7-24-11)12(20)21/h5,7-8H,1-4,6H2,(H,20,21). The average Bonchev–Trinajstić information content (AvgIpc) is 3.26. The lowest BCUT2D eigenvalue weighted by Crippen LogP contribution is -2.51. The van der Waals surface area contributed by atoms with E-state index in [1.807, 2.05) is 0 Å². The Balaban J connectivity index is 1.62. The molecule has 134 valence electrons. The summed E-state index contributed by atoms with van der Waals surface area (Å²) in [5.41, 5.74) is -0.0566. The molecular weight excluding hydrogens is 372 g/mol. The quantitative estimate of drug-likeness (QED) is 0.688. The van der Waals surface area contributed by atoms with Crippen molar-refractivity contribution in [2.24, 2.45) is 0 Å². The van der Waals surface area contributed by atoms with Crippen molar-refractivity contribution in [3.8, 4) is 0 Å². The molecule has 2 aromatic rings. The molecule has 25 heavy (non-hydrogen) atoms. The van der Waals surface area contributed by atoms with Gasteiger partial charge in [0.25, 0.3) is 10.0 Å². The van der Waals surface area contributed by atoms with Gasteiger partial charge in [-0.3, -0.25) is 4.79 Å². The predicted octanol–water partition coefficient (Wildman–Crippen LogP) is -1.03. The molecule has 0 bridgehead atoms. The van der Waals surface area contributed by atoms with Gasteiger partial charge >= 0.3 is 5.97 Å². The number of aromatic carboxylic acids is 1. The zero-order chi connectivity index (χ0) is 18.0. The van der Waals surface area contributed by atoms with Crippen LogP contribution in [0.15, 0.2) is 22.0 Å². The lowest BCUT2D eigenvalue weighted by molar-refractivity contribution is -0.133. The minimum absolute atomic E-state index is 0.00730. The molecule has 0 atom stereocenters. The highest BCUT2D eigenvalue weighted by Crippen LogP contribution is 2.25. The summed E-state index contributed by atoms with van der Waals surface area (Å²) in [4.78, 5) is 24.6. The number of carbonyl (C=O) groups is 2. The van der Waals surface area contributed by atoms with E-state index in [0.717, 1.165) is 17.4 Å². The van der Waals surface area contributed by atoms with Crippen LogP contribution < -0.4 is 0 Å². The number of hydrogen-bond donors (Lipinski definition) is 1. The first-order chi connectivity index (χ1) is 11.9. The van der Waals surface area contributed by atoms with Crippen molar-refractivity contribution in [2.75, 3.05) is 26.2 Å². The molecule has 11 nitrogen and oxygen atoms in total. The van der Waals surface area contributed by atoms with E-state index < -0.39 is 16.0 Å². The van der Waals surface area contributed by atoms with Gasteiger partial charge in [0.15, 0.2) is 0 Å². The van der Waals surface area contributed by atoms with E-state index in [2.05, 4.69) is 15.5 Å². The van der Waals surface area contributed by atoms with Gasteiger partial charge in [-0.25, -0.2) is 17.9 Å². The van der Waals surface area contributed by atoms with Crippen molar-refractivity contribution < 1.29 is 23.1 Å². The number of carbonyl (C=O) groups excluding carboxylic acids is 1. The molecule has 1 aliphatic rings. The fraction of sp³-hybridized carbons (Fsp3) is 0.417. The van der Waals surface area contributed by atoms with E-state index >= 15 is 0 Å². The molecule has 0 aromatic carbocycles. The van der Waals surface area contributed by atoms with Gasteiger partial charge in [0.05, 0.1) is 5.56 Å². The highest BCUT2D eigenvalue weighted by atomic mass is 32.2. The number of hydrogen-bond acceptors (Lipinski definition) is 8. The molecule has 0 spiro atoms. The Hall–Kier alpha value is -2.38. The van der Waals surface area contributed by atoms with Crippen LogP contribution in [-0.2, 0) is 21.4 Å². The molecule has 2 aromatic heterocycles. The van der Waals surface area contributed by atoms with Crippen molar-refractivity contribution in [1.29, 1.82) is 0 Å². The predicted molar refractivity (Wildman–Crippen MR) is 84.4 cm³/mol. The highest BCUT2D eigenvalue weighted by Gasteiger charge is 2.31. The molecule has 0 saturated carbocycles. The third-order valence-electron chi connectivity index (χ3n) is 3.70. The van der Waals surface area contributed by atoms with Gasteiger partial charge in [-0.05, 0) is 16.5 Å². The maximum atomic E-state index is 12.6. The van der Waals surface area contributed by atoms with Crippen LogP contribution in [-0.4, -0.2) is 81.0 Å². The molecule has 3 heterocycles. The van der Waals surface area contributed by atoms with Gasteiger partial charge in [-0.15, -0.1) is 16.4 Å². The van der Waals surface area contributed by atoms with Crippen molar-refractivity contribution in [3.63, 3.8) is 0 Å². The van der Waals surface area contributed by atoms with E-state index in [4.69, 9.17) is 5.11 Å². The zero-order valence-electron chi connectivity index (χ0n) is 12.8. The molecule has 3 rings (SSSR count). The van der Waals surface area contributed by atoms with E-state index in [-0.39, 0.29) is 48.4 Å². The number of carboxylic acid groups (broad SMARTS) is 1. The first-order valence-electron chi connectivity index (χ1n) is 7.18. The second kappa shape index (κ2) is 6.85. The Morgan fingerprint density at radius 2 is 1.96 bits per heavy atom. The smallest absolute Gasteiger partial charge is 0.336 e. The summed E-state index contributed by atoms with van der Waals surface area (Å²) in [6.45, 7) is 0.773. The molecule has 1 N–H and O–H groups in total. The highest BCUT2D eigenvalue weighted by molar-refractivity contribution is 7.91. The van der Waals surface area contributed by atoms with Crippen LogP contribution in [0.3, 0.4) is 0 Å². The zero-order valence-corrected chi connectivity index (χ0v) is 14.5. The molecule has 1 fully saturated rings. The Bertz CT molecular complexity index is 870. The fourth-order valence-corrected chi connectivity index (χ4v) is 5.09. The first kappa shape index (κ1) is 17.4. The molecule has 1 saturated heterocycles. The SMILES string of the molecule is O=C(O)c1csc(S(=O)(=O)N2CCN(C(=O)Cn3cnnn3)CC2)c1. The van der Waals surface area contributed by atoms with E-state index in [1.54, 1.807) is 4.90 Å². The van der Waals surface area contributed by atoms with Gasteiger partial charge < -0.3 is 10.0 Å². The number of carboxylic acids is 1.